The highest BCUT2D eigenvalue weighted by Crippen LogP contribution is 2.27. The fourth-order valence-corrected chi connectivity index (χ4v) is 3.34. The van der Waals surface area contributed by atoms with E-state index in [0.717, 1.165) is 11.9 Å². The number of alkyl halides is 3. The summed E-state index contributed by atoms with van der Waals surface area (Å²) in [4.78, 5) is 32.2. The maximum atomic E-state index is 12.8. The van der Waals surface area contributed by atoms with E-state index in [1.807, 2.05) is 0 Å². The van der Waals surface area contributed by atoms with E-state index in [4.69, 9.17) is 9.39 Å². The molecule has 0 spiro atoms. The molecule has 1 aliphatic heterocycles. The molecule has 1 aliphatic rings. The number of hydrogen-bond acceptors (Lipinski definition) is 7. The molecule has 0 aliphatic carbocycles. The number of fused-ring (bicyclic) bond motifs is 1. The van der Waals surface area contributed by atoms with Gasteiger partial charge in [-0.1, -0.05) is 19.9 Å². The summed E-state index contributed by atoms with van der Waals surface area (Å²) in [7, 11) is -1.13. The van der Waals surface area contributed by atoms with Crippen molar-refractivity contribution in [1.29, 1.82) is 0 Å². The second-order valence-electron chi connectivity index (χ2n) is 7.67. The number of carbonyl (C=O) groups excluding carboxylic acids is 2. The third-order valence-corrected chi connectivity index (χ3v) is 5.08. The highest BCUT2D eigenvalue weighted by Gasteiger charge is 2.34. The van der Waals surface area contributed by atoms with Gasteiger partial charge in [-0.25, -0.2) is 14.8 Å². The van der Waals surface area contributed by atoms with Crippen LogP contribution < -0.4 is 10.8 Å². The minimum atomic E-state index is -4.65. The van der Waals surface area contributed by atoms with Crippen LogP contribution in [0.2, 0.25) is 0 Å². The number of nitrogens with zero attached hydrogens (tertiary/aromatic N) is 2. The Balaban J connectivity index is 1.70. The van der Waals surface area contributed by atoms with Crippen molar-refractivity contribution < 1.29 is 37.2 Å². The van der Waals surface area contributed by atoms with Crippen LogP contribution in [0, 0.1) is 12.8 Å². The molecule has 12 heteroatoms. The van der Waals surface area contributed by atoms with Gasteiger partial charge in [0.05, 0.1) is 12.3 Å². The summed E-state index contributed by atoms with van der Waals surface area (Å²) in [6, 6.07) is 2.88. The molecule has 8 nitrogen and oxygen atoms in total. The Kier molecular flexibility index (Phi) is 6.84. The van der Waals surface area contributed by atoms with Crippen molar-refractivity contribution in [3.05, 3.63) is 52.6 Å². The van der Waals surface area contributed by atoms with Crippen LogP contribution in [0.3, 0.4) is 0 Å². The van der Waals surface area contributed by atoms with Crippen molar-refractivity contribution in [2.45, 2.75) is 46.2 Å². The average molecular weight is 451 g/mol. The van der Waals surface area contributed by atoms with E-state index in [0.29, 0.717) is 17.1 Å². The van der Waals surface area contributed by atoms with E-state index >= 15 is 0 Å². The van der Waals surface area contributed by atoms with Gasteiger partial charge in [0.1, 0.15) is 24.7 Å². The number of amides is 1. The summed E-state index contributed by atoms with van der Waals surface area (Å²) < 4.78 is 48.6. The summed E-state index contributed by atoms with van der Waals surface area (Å²) in [5.74, 6) is -1.74. The molecule has 0 saturated carbocycles. The minimum absolute atomic E-state index is 0.127. The Hall–Kier alpha value is -2.99. The molecule has 3 rings (SSSR count). The summed E-state index contributed by atoms with van der Waals surface area (Å²) in [6.45, 7) is 4.77. The molecule has 2 N–H and O–H groups in total. The number of hydrogen-bond donors (Lipinski definition) is 2. The van der Waals surface area contributed by atoms with Crippen molar-refractivity contribution in [3.63, 3.8) is 0 Å². The topological polar surface area (TPSA) is 111 Å². The minimum Gasteiger partial charge on any atom is -0.458 e. The highest BCUT2D eigenvalue weighted by molar-refractivity contribution is 6.62. The lowest BCUT2D eigenvalue weighted by atomic mass is 9.75. The van der Waals surface area contributed by atoms with Gasteiger partial charge in [0.2, 0.25) is 0 Å². The second kappa shape index (κ2) is 9.25. The van der Waals surface area contributed by atoms with Crippen LogP contribution in [0.15, 0.2) is 24.5 Å². The van der Waals surface area contributed by atoms with Gasteiger partial charge >= 0.3 is 19.3 Å². The number of benzene rings is 1. The highest BCUT2D eigenvalue weighted by atomic mass is 19.4. The lowest BCUT2D eigenvalue weighted by molar-refractivity contribution is -0.148. The Morgan fingerprint density at radius 2 is 2.03 bits per heavy atom. The molecule has 1 aromatic heterocycles. The van der Waals surface area contributed by atoms with E-state index in [2.05, 4.69) is 15.3 Å². The van der Waals surface area contributed by atoms with E-state index in [1.54, 1.807) is 32.9 Å². The van der Waals surface area contributed by atoms with Gasteiger partial charge in [-0.3, -0.25) is 4.79 Å². The number of esters is 1. The van der Waals surface area contributed by atoms with Crippen molar-refractivity contribution in [2.75, 3.05) is 0 Å². The zero-order valence-electron chi connectivity index (χ0n) is 17.6. The van der Waals surface area contributed by atoms with Crippen LogP contribution in [0.4, 0.5) is 13.2 Å². The van der Waals surface area contributed by atoms with Crippen molar-refractivity contribution >= 4 is 24.5 Å². The summed E-state index contributed by atoms with van der Waals surface area (Å²) >= 11 is 0. The first-order chi connectivity index (χ1) is 15.0. The van der Waals surface area contributed by atoms with Gasteiger partial charge in [-0.15, -0.1) is 0 Å². The molecule has 32 heavy (non-hydrogen) atoms. The van der Waals surface area contributed by atoms with Gasteiger partial charge in [-0.05, 0) is 41.6 Å². The number of ether oxygens (including phenoxy) is 1. The van der Waals surface area contributed by atoms with Crippen LogP contribution in [-0.4, -0.2) is 40.0 Å². The van der Waals surface area contributed by atoms with Crippen molar-refractivity contribution in [1.82, 2.24) is 15.3 Å². The molecule has 0 fully saturated rings. The third kappa shape index (κ3) is 5.08. The molecule has 1 aromatic carbocycles. The maximum Gasteiger partial charge on any atom is 0.492 e. The number of halogens is 3. The lowest BCUT2D eigenvalue weighted by Crippen LogP contribution is -2.46. The molecule has 0 radical (unpaired) electrons. The van der Waals surface area contributed by atoms with Crippen LogP contribution >= 0.6 is 0 Å². The molecule has 1 atom stereocenters. The van der Waals surface area contributed by atoms with Gasteiger partial charge < -0.3 is 19.7 Å². The molecule has 0 saturated heterocycles. The molecule has 170 valence electrons. The number of rotatable bonds is 6. The maximum absolute atomic E-state index is 12.8. The summed E-state index contributed by atoms with van der Waals surface area (Å²) in [5, 5.41) is 12.6. The molecule has 2 aromatic rings. The zero-order valence-corrected chi connectivity index (χ0v) is 17.6. The Bertz CT molecular complexity index is 1030. The average Bonchev–Trinajstić information content (AvgIpc) is 3.11. The largest absolute Gasteiger partial charge is 0.492 e. The fraction of sp³-hybridized carbons (Fsp3) is 0.400. The molecular weight excluding hydrogens is 430 g/mol. The first-order valence-corrected chi connectivity index (χ1v) is 9.76. The number of carbonyl (C=O) groups is 2. The number of aromatic nitrogens is 2. The SMILES string of the molecule is Cc1c(C(=O)NC(C(=O)OCc2cc(C(F)(F)F)ncn2)C(C)C)ccc2c1B(O)OC2. The summed E-state index contributed by atoms with van der Waals surface area (Å²) in [5.41, 5.74) is 0.808. The third-order valence-electron chi connectivity index (χ3n) is 5.08. The van der Waals surface area contributed by atoms with Gasteiger partial charge in [0.25, 0.3) is 5.91 Å². The normalized spacial score (nSPS) is 14.3. The predicted molar refractivity (Wildman–Crippen MR) is 106 cm³/mol. The molecule has 1 amide bonds. The Morgan fingerprint density at radius 1 is 1.31 bits per heavy atom. The molecular formula is C20H21BF3N3O5. The van der Waals surface area contributed by atoms with Gasteiger partial charge in [0.15, 0.2) is 0 Å². The van der Waals surface area contributed by atoms with Crippen molar-refractivity contribution in [2.24, 2.45) is 5.92 Å². The summed E-state index contributed by atoms with van der Waals surface area (Å²) in [6.07, 6.45) is -3.91. The molecule has 0 bridgehead atoms. The first-order valence-electron chi connectivity index (χ1n) is 9.76. The molecule has 2 heterocycles. The smallest absolute Gasteiger partial charge is 0.458 e. The monoisotopic (exact) mass is 451 g/mol. The molecule has 1 unspecified atom stereocenters. The van der Waals surface area contributed by atoms with Crippen LogP contribution in [0.1, 0.15) is 46.7 Å². The quantitative estimate of drug-likeness (QED) is 0.506. The Labute approximate surface area is 182 Å². The van der Waals surface area contributed by atoms with Crippen LogP contribution in [-0.2, 0) is 33.6 Å². The zero-order chi connectivity index (χ0) is 23.6. The first kappa shape index (κ1) is 23.7. The van der Waals surface area contributed by atoms with Crippen molar-refractivity contribution in [3.8, 4) is 0 Å². The van der Waals surface area contributed by atoms with E-state index in [9.17, 15) is 27.8 Å². The second-order valence-corrected chi connectivity index (χ2v) is 7.67. The predicted octanol–water partition coefficient (Wildman–Crippen LogP) is 1.52. The Morgan fingerprint density at radius 3 is 2.69 bits per heavy atom. The van der Waals surface area contributed by atoms with Gasteiger partial charge in [-0.2, -0.15) is 13.2 Å². The fourth-order valence-electron chi connectivity index (χ4n) is 3.34. The van der Waals surface area contributed by atoms with Crippen LogP contribution in [0.5, 0.6) is 0 Å². The standard InChI is InChI=1S/C20H21BF3N3O5/c1-10(2)17(19(29)31-8-13-6-15(20(22,23)24)26-9-25-13)27-18(28)14-5-4-12-7-32-21(30)16(12)11(14)3/h4-6,9-10,17,30H,7-8H2,1-3H3,(H,27,28). The number of nitrogens with one attached hydrogen (secondary N) is 1. The van der Waals surface area contributed by atoms with E-state index < -0.39 is 43.5 Å². The van der Waals surface area contributed by atoms with Gasteiger partial charge in [0, 0.05) is 5.56 Å². The van der Waals surface area contributed by atoms with Crippen LogP contribution in [0.25, 0.3) is 0 Å². The van der Waals surface area contributed by atoms with E-state index in [-0.39, 0.29) is 23.8 Å². The van der Waals surface area contributed by atoms with E-state index in [1.165, 1.54) is 0 Å². The lowest BCUT2D eigenvalue weighted by Gasteiger charge is -2.21.